The fourth-order valence-electron chi connectivity index (χ4n) is 2.88. The Labute approximate surface area is 194 Å². The van der Waals surface area contributed by atoms with E-state index in [0.717, 1.165) is 4.90 Å². The molecule has 8 heteroatoms. The maximum absolute atomic E-state index is 9.92. The lowest BCUT2D eigenvalue weighted by Crippen LogP contribution is -2.36. The summed E-state index contributed by atoms with van der Waals surface area (Å²) in [5.74, 6) is 0.0764. The highest BCUT2D eigenvalue weighted by Gasteiger charge is 2.34. The molecule has 4 atom stereocenters. The molecule has 0 unspecified atom stereocenters. The van der Waals surface area contributed by atoms with Crippen molar-refractivity contribution in [3.05, 3.63) is 71.8 Å². The lowest BCUT2D eigenvalue weighted by Gasteiger charge is -2.12. The molecule has 2 aliphatic carbocycles. The van der Waals surface area contributed by atoms with Gasteiger partial charge in [0.15, 0.2) is 5.96 Å². The van der Waals surface area contributed by atoms with Gasteiger partial charge in [0.05, 0.1) is 0 Å². The molecule has 0 radical (unpaired) electrons. The number of hydrogen-bond donors (Lipinski definition) is 5. The summed E-state index contributed by atoms with van der Waals surface area (Å²) in [6.07, 6.45) is 2.34. The van der Waals surface area contributed by atoms with Crippen molar-refractivity contribution in [2.24, 2.45) is 17.2 Å². The molecule has 0 spiro atoms. The molecule has 8 N–H and O–H groups in total. The van der Waals surface area contributed by atoms with Gasteiger partial charge >= 0.3 is 29.0 Å². The van der Waals surface area contributed by atoms with Crippen molar-refractivity contribution in [1.82, 2.24) is 4.90 Å². The molecule has 30 heavy (non-hydrogen) atoms. The minimum absolute atomic E-state index is 0. The van der Waals surface area contributed by atoms with Crippen LogP contribution in [-0.4, -0.2) is 70.7 Å². The first-order valence-electron chi connectivity index (χ1n) is 9.67. The minimum Gasteiger partial charge on any atom is -0.480 e. The number of nitrogens with two attached hydrogens (primary N) is 3. The summed E-state index contributed by atoms with van der Waals surface area (Å²) in [6, 6.07) is 21.8. The number of hydrogen-bond acceptors (Lipinski definition) is 4. The predicted octanol–water partition coefficient (Wildman–Crippen LogP) is 0.982. The molecule has 4 rings (SSSR count). The zero-order valence-corrected chi connectivity index (χ0v) is 16.7. The van der Waals surface area contributed by atoms with Crippen LogP contribution in [0.2, 0.25) is 0 Å². The fraction of sp³-hybridized carbons (Fsp3) is 0.364. The highest BCUT2D eigenvalue weighted by molar-refractivity contribution is 5.80. The van der Waals surface area contributed by atoms with Crippen LogP contribution in [0.3, 0.4) is 0 Å². The number of benzene rings is 2. The number of likely N-dealkylation sites (N-methyl/N-ethyl adjacent to an activating group) is 1. The number of rotatable bonds is 4. The molecule has 2 saturated carbocycles. The van der Waals surface area contributed by atoms with E-state index in [1.54, 1.807) is 0 Å². The predicted molar refractivity (Wildman–Crippen MR) is 124 cm³/mol. The molecule has 2 aromatic rings. The van der Waals surface area contributed by atoms with Crippen molar-refractivity contribution in [2.45, 2.75) is 36.8 Å². The molecular weight excluding hydrogens is 391 g/mol. The van der Waals surface area contributed by atoms with Gasteiger partial charge in [0.1, 0.15) is 6.54 Å². The summed E-state index contributed by atoms with van der Waals surface area (Å²) in [6.45, 7) is -0.227. The minimum atomic E-state index is -0.993. The van der Waals surface area contributed by atoms with Gasteiger partial charge in [-0.2, -0.15) is 0 Å². The van der Waals surface area contributed by atoms with E-state index in [1.165, 1.54) is 31.0 Å². The zero-order valence-electron chi connectivity index (χ0n) is 16.7. The van der Waals surface area contributed by atoms with E-state index in [4.69, 9.17) is 27.7 Å². The molecule has 2 aromatic carbocycles. The largest absolute Gasteiger partial charge is 0.480 e. The summed E-state index contributed by atoms with van der Waals surface area (Å²) in [7, 11) is 1.44. The highest BCUT2D eigenvalue weighted by atomic mass is 24.3. The van der Waals surface area contributed by atoms with Crippen LogP contribution in [0.5, 0.6) is 0 Å². The number of guanidine groups is 1. The number of nitrogens with one attached hydrogen (secondary N) is 1. The van der Waals surface area contributed by atoms with Gasteiger partial charge in [-0.3, -0.25) is 10.2 Å². The molecule has 0 amide bonds. The second-order valence-electron chi connectivity index (χ2n) is 7.47. The Morgan fingerprint density at radius 1 is 0.967 bits per heavy atom. The lowest BCUT2D eigenvalue weighted by atomic mass is 10.1. The highest BCUT2D eigenvalue weighted by Crippen LogP contribution is 2.39. The van der Waals surface area contributed by atoms with Crippen LogP contribution in [-0.2, 0) is 4.79 Å². The molecule has 0 aromatic heterocycles. The van der Waals surface area contributed by atoms with Crippen molar-refractivity contribution >= 4 is 35.0 Å². The van der Waals surface area contributed by atoms with Crippen LogP contribution in [0.1, 0.15) is 35.8 Å². The van der Waals surface area contributed by atoms with Crippen molar-refractivity contribution in [3.63, 3.8) is 0 Å². The van der Waals surface area contributed by atoms with Gasteiger partial charge in [0.2, 0.25) is 0 Å². The van der Waals surface area contributed by atoms with Crippen molar-refractivity contribution < 1.29 is 9.90 Å². The molecule has 0 saturated heterocycles. The maximum atomic E-state index is 9.92. The average molecular weight is 424 g/mol. The van der Waals surface area contributed by atoms with Crippen LogP contribution in [0.4, 0.5) is 0 Å². The van der Waals surface area contributed by atoms with E-state index in [2.05, 4.69) is 48.5 Å². The summed E-state index contributed by atoms with van der Waals surface area (Å²) < 4.78 is 0. The molecule has 0 heterocycles. The topological polar surface area (TPSA) is 142 Å². The van der Waals surface area contributed by atoms with E-state index in [1.807, 2.05) is 12.1 Å². The normalized spacial score (nSPS) is 22.6. The number of carbonyl (C=O) groups is 1. The first kappa shape index (κ1) is 25.9. The van der Waals surface area contributed by atoms with Gasteiger partial charge in [-0.25, -0.2) is 0 Å². The molecule has 0 aliphatic heterocycles. The Morgan fingerprint density at radius 2 is 1.30 bits per heavy atom. The second-order valence-corrected chi connectivity index (χ2v) is 7.47. The Kier molecular flexibility index (Phi) is 10.8. The smallest absolute Gasteiger partial charge is 0.323 e. The fourth-order valence-corrected chi connectivity index (χ4v) is 2.88. The van der Waals surface area contributed by atoms with E-state index in [9.17, 15) is 4.79 Å². The van der Waals surface area contributed by atoms with E-state index >= 15 is 0 Å². The number of aliphatic carboxylic acids is 1. The Balaban J connectivity index is 0.000000222. The molecule has 7 nitrogen and oxygen atoms in total. The van der Waals surface area contributed by atoms with Crippen LogP contribution in [0.25, 0.3) is 0 Å². The van der Waals surface area contributed by atoms with Gasteiger partial charge in [-0.05, 0) is 24.0 Å². The third-order valence-electron chi connectivity index (χ3n) is 4.92. The standard InChI is InChI=1S/2C9H11N.C4H9N3O2.Mg.2H/c2*10-9-6-8(9)7-4-2-1-3-5-7;1-7(4(5)6)2-3(8)9;;;/h2*1-5,8-9H,6,10H2;2H2,1H3,(H3,5,6)(H,8,9);;;/t2*8-,9+;;;;/m00..../s1. The maximum Gasteiger partial charge on any atom is 0.323 e. The molecule has 2 aliphatic rings. The zero-order chi connectivity index (χ0) is 21.4. The molecule has 2 fully saturated rings. The van der Waals surface area contributed by atoms with Crippen molar-refractivity contribution in [3.8, 4) is 0 Å². The number of nitrogens with zero attached hydrogens (tertiary/aromatic N) is 1. The average Bonchev–Trinajstić information content (AvgIpc) is 3.61. The van der Waals surface area contributed by atoms with Gasteiger partial charge in [-0.15, -0.1) is 0 Å². The summed E-state index contributed by atoms with van der Waals surface area (Å²) in [4.78, 5) is 11.0. The van der Waals surface area contributed by atoms with E-state index < -0.39 is 5.97 Å². The van der Waals surface area contributed by atoms with Crippen molar-refractivity contribution in [1.29, 1.82) is 5.41 Å². The van der Waals surface area contributed by atoms with Gasteiger partial charge in [-0.1, -0.05) is 60.7 Å². The first-order chi connectivity index (χ1) is 13.8. The second kappa shape index (κ2) is 12.5. The quantitative estimate of drug-likeness (QED) is 0.282. The van der Waals surface area contributed by atoms with Crippen LogP contribution >= 0.6 is 0 Å². The third kappa shape index (κ3) is 9.12. The lowest BCUT2D eigenvalue weighted by molar-refractivity contribution is -0.137. The Bertz CT molecular complexity index is 739. The molecular formula is C22H33MgN5O2. The van der Waals surface area contributed by atoms with E-state index in [-0.39, 0.29) is 35.6 Å². The Hall–Kier alpha value is -2.13. The van der Waals surface area contributed by atoms with Crippen LogP contribution in [0, 0.1) is 5.41 Å². The van der Waals surface area contributed by atoms with E-state index in [0.29, 0.717) is 23.9 Å². The monoisotopic (exact) mass is 423 g/mol. The summed E-state index contributed by atoms with van der Waals surface area (Å²) in [5.41, 5.74) is 19.1. The van der Waals surface area contributed by atoms with Gasteiger partial charge < -0.3 is 27.2 Å². The third-order valence-corrected chi connectivity index (χ3v) is 4.92. The molecule has 160 valence electrons. The Morgan fingerprint density at radius 3 is 1.50 bits per heavy atom. The van der Waals surface area contributed by atoms with Crippen LogP contribution < -0.4 is 17.2 Å². The van der Waals surface area contributed by atoms with Gasteiger partial charge in [0, 0.05) is 31.0 Å². The van der Waals surface area contributed by atoms with Crippen LogP contribution in [0.15, 0.2) is 60.7 Å². The first-order valence-corrected chi connectivity index (χ1v) is 9.67. The SMILES string of the molecule is CN(CC(=O)O)C(=N)N.N[C@@H]1C[C@H]1c1ccccc1.N[C@@H]1C[C@H]1c1ccccc1.[MgH2]. The summed E-state index contributed by atoms with van der Waals surface area (Å²) in [5, 5.41) is 14.9. The summed E-state index contributed by atoms with van der Waals surface area (Å²) >= 11 is 0. The van der Waals surface area contributed by atoms with Crippen molar-refractivity contribution in [2.75, 3.05) is 13.6 Å². The van der Waals surface area contributed by atoms with Gasteiger partial charge in [0.25, 0.3) is 0 Å². The number of carboxylic acids is 1. The molecule has 0 bridgehead atoms. The number of carboxylic acid groups (broad SMARTS) is 1.